The minimum Gasteiger partial charge on any atom is -0.337 e. The molecule has 41 heavy (non-hydrogen) atoms. The number of thiazole rings is 2. The summed E-state index contributed by atoms with van der Waals surface area (Å²) in [6.45, 7) is 5.25. The molecule has 212 valence electrons. The van der Waals surface area contributed by atoms with Gasteiger partial charge in [-0.25, -0.2) is 30.0 Å². The molecule has 0 radical (unpaired) electrons. The standard InChI is InChI=1S/C27H29N9O3S2/c1-15-23(41-16(2)31-15)21-14-40-27(32-21)33-22-8-5-17(9-28-22)25(38)36-19-6-7-20(36)13-35(12-19)26-29-10-18(11-30-26)24(37)34(3)39-4/h5,8-11,14,19-20H,6-7,12-13H2,1-4H3,(H,28,32,33)/t19-,20+. The fourth-order valence-electron chi connectivity index (χ4n) is 5.31. The molecule has 0 saturated carbocycles. The SMILES string of the molecule is CON(C)C(=O)c1cnc(N2C[C@H]3CC[C@@H](C2)N3C(=O)c2ccc(Nc3nc(-c4sc(C)nc4C)cs3)nc2)nc1. The first-order valence-electron chi connectivity index (χ1n) is 13.2. The van der Waals surface area contributed by atoms with Crippen molar-refractivity contribution in [3.05, 3.63) is 57.9 Å². The minimum atomic E-state index is -0.318. The maximum absolute atomic E-state index is 13.5. The zero-order valence-corrected chi connectivity index (χ0v) is 24.7. The number of pyridine rings is 1. The number of hydroxylamine groups is 2. The monoisotopic (exact) mass is 591 g/mol. The average Bonchev–Trinajstić information content (AvgIpc) is 3.66. The largest absolute Gasteiger partial charge is 0.337 e. The number of anilines is 3. The van der Waals surface area contributed by atoms with Crippen LogP contribution in [0.4, 0.5) is 16.9 Å². The van der Waals surface area contributed by atoms with Crippen molar-refractivity contribution >= 4 is 51.4 Å². The van der Waals surface area contributed by atoms with Gasteiger partial charge in [-0.2, -0.15) is 0 Å². The zero-order valence-electron chi connectivity index (χ0n) is 23.1. The summed E-state index contributed by atoms with van der Waals surface area (Å²) in [4.78, 5) is 58.4. The van der Waals surface area contributed by atoms with Gasteiger partial charge in [-0.15, -0.1) is 22.7 Å². The van der Waals surface area contributed by atoms with E-state index in [1.807, 2.05) is 36.3 Å². The molecule has 1 N–H and O–H groups in total. The van der Waals surface area contributed by atoms with Crippen molar-refractivity contribution in [2.24, 2.45) is 0 Å². The molecule has 12 nitrogen and oxygen atoms in total. The molecule has 2 atom stereocenters. The molecule has 6 rings (SSSR count). The van der Waals surface area contributed by atoms with E-state index in [9.17, 15) is 9.59 Å². The number of aromatic nitrogens is 5. The molecule has 0 unspecified atom stereocenters. The summed E-state index contributed by atoms with van der Waals surface area (Å²) in [5.74, 6) is 0.840. The predicted octanol–water partition coefficient (Wildman–Crippen LogP) is 3.94. The molecular formula is C27H29N9O3S2. The molecule has 6 heterocycles. The Balaban J connectivity index is 1.09. The van der Waals surface area contributed by atoms with E-state index < -0.39 is 0 Å². The molecule has 4 aromatic rings. The number of aryl methyl sites for hydroxylation is 2. The van der Waals surface area contributed by atoms with E-state index in [0.717, 1.165) is 44.3 Å². The maximum atomic E-state index is 13.5. The number of hydrogen-bond acceptors (Lipinski definition) is 12. The van der Waals surface area contributed by atoms with Crippen LogP contribution in [0.15, 0.2) is 36.1 Å². The van der Waals surface area contributed by atoms with E-state index in [0.29, 0.717) is 36.0 Å². The van der Waals surface area contributed by atoms with Gasteiger partial charge in [0.1, 0.15) is 5.82 Å². The normalized spacial score (nSPS) is 18.0. The minimum absolute atomic E-state index is 0.0201. The summed E-state index contributed by atoms with van der Waals surface area (Å²) in [6, 6.07) is 3.73. The molecular weight excluding hydrogens is 562 g/mol. The third-order valence-corrected chi connectivity index (χ3v) is 9.18. The summed E-state index contributed by atoms with van der Waals surface area (Å²) in [6.07, 6.45) is 6.47. The van der Waals surface area contributed by atoms with E-state index >= 15 is 0 Å². The highest BCUT2D eigenvalue weighted by molar-refractivity contribution is 7.16. The lowest BCUT2D eigenvalue weighted by molar-refractivity contribution is -0.0757. The van der Waals surface area contributed by atoms with Crippen LogP contribution in [0.5, 0.6) is 0 Å². The highest BCUT2D eigenvalue weighted by Gasteiger charge is 2.43. The lowest BCUT2D eigenvalue weighted by Crippen LogP contribution is -2.56. The Morgan fingerprint density at radius 2 is 1.73 bits per heavy atom. The van der Waals surface area contributed by atoms with E-state index in [4.69, 9.17) is 4.84 Å². The molecule has 14 heteroatoms. The fraction of sp³-hybridized carbons (Fsp3) is 0.370. The van der Waals surface area contributed by atoms with Crippen LogP contribution in [-0.4, -0.2) is 86.0 Å². The lowest BCUT2D eigenvalue weighted by atomic mass is 10.1. The quantitative estimate of drug-likeness (QED) is 0.316. The van der Waals surface area contributed by atoms with Gasteiger partial charge in [0.2, 0.25) is 5.95 Å². The summed E-state index contributed by atoms with van der Waals surface area (Å²) < 4.78 is 0. The van der Waals surface area contributed by atoms with Gasteiger partial charge >= 0.3 is 0 Å². The Kier molecular flexibility index (Phi) is 7.36. The van der Waals surface area contributed by atoms with Gasteiger partial charge in [0.05, 0.1) is 51.6 Å². The van der Waals surface area contributed by atoms with Crippen LogP contribution in [0.3, 0.4) is 0 Å². The first kappa shape index (κ1) is 27.2. The predicted molar refractivity (Wildman–Crippen MR) is 157 cm³/mol. The van der Waals surface area contributed by atoms with Crippen molar-refractivity contribution in [3.8, 4) is 10.6 Å². The third kappa shape index (κ3) is 5.37. The van der Waals surface area contributed by atoms with Gasteiger partial charge in [0.15, 0.2) is 5.13 Å². The second-order valence-electron chi connectivity index (χ2n) is 10.0. The second kappa shape index (κ2) is 11.1. The molecule has 4 aromatic heterocycles. The van der Waals surface area contributed by atoms with Crippen molar-refractivity contribution in [3.63, 3.8) is 0 Å². The van der Waals surface area contributed by atoms with Crippen molar-refractivity contribution in [1.82, 2.24) is 34.9 Å². The van der Waals surface area contributed by atoms with Gasteiger partial charge in [0, 0.05) is 44.1 Å². The first-order valence-corrected chi connectivity index (χ1v) is 14.8. The molecule has 0 aromatic carbocycles. The number of amides is 2. The lowest BCUT2D eigenvalue weighted by Gasteiger charge is -2.41. The average molecular weight is 592 g/mol. The molecule has 2 saturated heterocycles. The number of piperazine rings is 1. The molecule has 2 aliphatic rings. The third-order valence-electron chi connectivity index (χ3n) is 7.33. The van der Waals surface area contributed by atoms with Gasteiger partial charge in [-0.05, 0) is 38.8 Å². The Hall–Kier alpha value is -4.01. The van der Waals surface area contributed by atoms with Gasteiger partial charge in [0.25, 0.3) is 11.8 Å². The van der Waals surface area contributed by atoms with E-state index in [2.05, 4.69) is 35.1 Å². The van der Waals surface area contributed by atoms with Gasteiger partial charge < -0.3 is 15.1 Å². The second-order valence-corrected chi connectivity index (χ2v) is 12.1. The number of nitrogens with one attached hydrogen (secondary N) is 1. The van der Waals surface area contributed by atoms with Crippen LogP contribution in [-0.2, 0) is 4.84 Å². The van der Waals surface area contributed by atoms with Gasteiger partial charge in [-0.3, -0.25) is 14.4 Å². The summed E-state index contributed by atoms with van der Waals surface area (Å²) in [7, 11) is 2.96. The maximum Gasteiger partial charge on any atom is 0.280 e. The number of carbonyl (C=O) groups excluding carboxylic acids is 2. The number of rotatable bonds is 7. The summed E-state index contributed by atoms with van der Waals surface area (Å²) in [5, 5.41) is 8.13. The van der Waals surface area contributed by atoms with Crippen LogP contribution < -0.4 is 10.2 Å². The molecule has 2 amide bonds. The number of fused-ring (bicyclic) bond motifs is 2. The van der Waals surface area contributed by atoms with Crippen LogP contribution in [0.25, 0.3) is 10.6 Å². The Labute approximate surface area is 245 Å². The van der Waals surface area contributed by atoms with Crippen molar-refractivity contribution in [2.45, 2.75) is 38.8 Å². The molecule has 2 fully saturated rings. The topological polar surface area (TPSA) is 130 Å². The van der Waals surface area contributed by atoms with E-state index in [1.165, 1.54) is 37.9 Å². The van der Waals surface area contributed by atoms with Crippen LogP contribution >= 0.6 is 22.7 Å². The Morgan fingerprint density at radius 3 is 2.34 bits per heavy atom. The van der Waals surface area contributed by atoms with E-state index in [-0.39, 0.29) is 23.9 Å². The summed E-state index contributed by atoms with van der Waals surface area (Å²) >= 11 is 3.14. The van der Waals surface area contributed by atoms with Crippen molar-refractivity contribution < 1.29 is 14.4 Å². The highest BCUT2D eigenvalue weighted by Crippen LogP contribution is 2.34. The first-order chi connectivity index (χ1) is 19.8. The van der Waals surface area contributed by atoms with E-state index in [1.54, 1.807) is 17.5 Å². The Morgan fingerprint density at radius 1 is 1.02 bits per heavy atom. The molecule has 2 bridgehead atoms. The molecule has 0 aliphatic carbocycles. The molecule has 0 spiro atoms. The van der Waals surface area contributed by atoms with Gasteiger partial charge in [-0.1, -0.05) is 0 Å². The van der Waals surface area contributed by atoms with Crippen LogP contribution in [0.2, 0.25) is 0 Å². The smallest absolute Gasteiger partial charge is 0.280 e. The van der Waals surface area contributed by atoms with Crippen LogP contribution in [0, 0.1) is 13.8 Å². The van der Waals surface area contributed by atoms with Crippen LogP contribution in [0.1, 0.15) is 44.3 Å². The van der Waals surface area contributed by atoms with Crippen molar-refractivity contribution in [1.29, 1.82) is 0 Å². The molecule has 2 aliphatic heterocycles. The number of nitrogens with zero attached hydrogens (tertiary/aromatic N) is 8. The summed E-state index contributed by atoms with van der Waals surface area (Å²) in [5.41, 5.74) is 2.78. The van der Waals surface area contributed by atoms with Crippen molar-refractivity contribution in [2.75, 3.05) is 37.5 Å². The number of hydrogen-bond donors (Lipinski definition) is 1. The Bertz CT molecular complexity index is 1560. The highest BCUT2D eigenvalue weighted by atomic mass is 32.1. The zero-order chi connectivity index (χ0) is 28.7. The number of carbonyl (C=O) groups is 2. The fourth-order valence-corrected chi connectivity index (χ4v) is 6.98.